The molecule has 0 unspecified atom stereocenters. The molecule has 0 saturated carbocycles. The third kappa shape index (κ3) is 4.68. The zero-order valence-corrected chi connectivity index (χ0v) is 19.3. The van der Waals surface area contributed by atoms with E-state index in [-0.39, 0.29) is 29.5 Å². The molecule has 1 N–H and O–H groups in total. The SMILES string of the molecule is COc1ccc(-c2noc(-c3c(C)cc(C)n(CC(=O)Nc4cccc(OC)c4)c3=O)n2)cc1. The van der Waals surface area contributed by atoms with E-state index in [4.69, 9.17) is 14.0 Å². The highest BCUT2D eigenvalue weighted by molar-refractivity contribution is 5.90. The van der Waals surface area contributed by atoms with Crippen molar-refractivity contribution in [3.8, 4) is 34.3 Å². The van der Waals surface area contributed by atoms with Gasteiger partial charge in [-0.25, -0.2) is 0 Å². The van der Waals surface area contributed by atoms with Gasteiger partial charge < -0.3 is 23.9 Å². The normalized spacial score (nSPS) is 10.7. The first-order valence-corrected chi connectivity index (χ1v) is 10.5. The lowest BCUT2D eigenvalue weighted by Gasteiger charge is -2.13. The summed E-state index contributed by atoms with van der Waals surface area (Å²) < 4.78 is 17.2. The van der Waals surface area contributed by atoms with Gasteiger partial charge in [0.05, 0.1) is 14.2 Å². The van der Waals surface area contributed by atoms with Crippen LogP contribution in [-0.2, 0) is 11.3 Å². The van der Waals surface area contributed by atoms with Gasteiger partial charge in [-0.2, -0.15) is 4.98 Å². The Bertz CT molecular complexity index is 1390. The van der Waals surface area contributed by atoms with Crippen LogP contribution in [0.2, 0.25) is 0 Å². The van der Waals surface area contributed by atoms with Crippen molar-refractivity contribution in [3.05, 3.63) is 76.2 Å². The molecule has 0 aliphatic carbocycles. The molecule has 0 bridgehead atoms. The van der Waals surface area contributed by atoms with Crippen LogP contribution in [0.5, 0.6) is 11.5 Å². The summed E-state index contributed by atoms with van der Waals surface area (Å²) in [6.45, 7) is 3.39. The molecule has 9 heteroatoms. The van der Waals surface area contributed by atoms with E-state index in [1.165, 1.54) is 4.57 Å². The summed E-state index contributed by atoms with van der Waals surface area (Å²) in [6, 6.07) is 16.0. The molecule has 174 valence electrons. The predicted molar refractivity (Wildman–Crippen MR) is 127 cm³/mol. The Kier molecular flexibility index (Phi) is 6.44. The third-order valence-electron chi connectivity index (χ3n) is 5.35. The molecule has 0 saturated heterocycles. The molecule has 2 aromatic heterocycles. The highest BCUT2D eigenvalue weighted by Crippen LogP contribution is 2.24. The van der Waals surface area contributed by atoms with Crippen molar-refractivity contribution in [3.63, 3.8) is 0 Å². The van der Waals surface area contributed by atoms with Gasteiger partial charge in [0.1, 0.15) is 23.6 Å². The minimum atomic E-state index is -0.386. The van der Waals surface area contributed by atoms with E-state index in [9.17, 15) is 9.59 Å². The van der Waals surface area contributed by atoms with E-state index >= 15 is 0 Å². The number of benzene rings is 2. The Morgan fingerprint density at radius 2 is 1.76 bits per heavy atom. The minimum Gasteiger partial charge on any atom is -0.497 e. The van der Waals surface area contributed by atoms with Crippen molar-refractivity contribution in [2.45, 2.75) is 20.4 Å². The molecule has 1 amide bonds. The van der Waals surface area contributed by atoms with Crippen LogP contribution < -0.4 is 20.3 Å². The molecule has 4 aromatic rings. The van der Waals surface area contributed by atoms with E-state index in [0.29, 0.717) is 34.3 Å². The van der Waals surface area contributed by atoms with Crippen molar-refractivity contribution in [2.75, 3.05) is 19.5 Å². The van der Waals surface area contributed by atoms with Gasteiger partial charge in [0.15, 0.2) is 0 Å². The topological polar surface area (TPSA) is 108 Å². The van der Waals surface area contributed by atoms with Crippen LogP contribution in [0.1, 0.15) is 11.3 Å². The average molecular weight is 460 g/mol. The zero-order valence-electron chi connectivity index (χ0n) is 19.3. The summed E-state index contributed by atoms with van der Waals surface area (Å²) in [4.78, 5) is 30.5. The number of pyridine rings is 1. The summed E-state index contributed by atoms with van der Waals surface area (Å²) in [5.74, 6) is 1.41. The number of rotatable bonds is 7. The van der Waals surface area contributed by atoms with Crippen LogP contribution in [0.3, 0.4) is 0 Å². The van der Waals surface area contributed by atoms with Gasteiger partial charge in [0.25, 0.3) is 11.4 Å². The zero-order chi connectivity index (χ0) is 24.2. The second kappa shape index (κ2) is 9.62. The lowest BCUT2D eigenvalue weighted by atomic mass is 10.1. The maximum atomic E-state index is 13.3. The van der Waals surface area contributed by atoms with E-state index in [2.05, 4.69) is 15.5 Å². The van der Waals surface area contributed by atoms with E-state index < -0.39 is 0 Å². The second-order valence-electron chi connectivity index (χ2n) is 7.67. The first-order chi connectivity index (χ1) is 16.4. The molecule has 0 atom stereocenters. The first-order valence-electron chi connectivity index (χ1n) is 10.5. The molecule has 2 aromatic carbocycles. The number of nitrogens with zero attached hydrogens (tertiary/aromatic N) is 3. The number of carbonyl (C=O) groups excluding carboxylic acids is 1. The molecule has 34 heavy (non-hydrogen) atoms. The number of hydrogen-bond acceptors (Lipinski definition) is 7. The fraction of sp³-hybridized carbons (Fsp3) is 0.200. The Balaban J connectivity index is 1.62. The highest BCUT2D eigenvalue weighted by atomic mass is 16.5. The summed E-state index contributed by atoms with van der Waals surface area (Å²) in [6.07, 6.45) is 0. The minimum absolute atomic E-state index is 0.0928. The molecule has 4 rings (SSSR count). The van der Waals surface area contributed by atoms with Crippen molar-refractivity contribution < 1.29 is 18.8 Å². The van der Waals surface area contributed by atoms with Crippen LogP contribution in [-0.4, -0.2) is 34.8 Å². The summed E-state index contributed by atoms with van der Waals surface area (Å²) >= 11 is 0. The van der Waals surface area contributed by atoms with Crippen LogP contribution in [0.25, 0.3) is 22.8 Å². The molecule has 0 radical (unpaired) electrons. The Morgan fingerprint density at radius 1 is 1.03 bits per heavy atom. The fourth-order valence-corrected chi connectivity index (χ4v) is 3.61. The number of aryl methyl sites for hydroxylation is 2. The smallest absolute Gasteiger partial charge is 0.264 e. The number of aromatic nitrogens is 3. The summed E-state index contributed by atoms with van der Waals surface area (Å²) in [7, 11) is 3.14. The van der Waals surface area contributed by atoms with Gasteiger partial charge in [-0.15, -0.1) is 0 Å². The molecule has 0 aliphatic heterocycles. The summed E-state index contributed by atoms with van der Waals surface area (Å²) in [5, 5.41) is 6.81. The average Bonchev–Trinajstić information content (AvgIpc) is 3.31. The van der Waals surface area contributed by atoms with Gasteiger partial charge in [0, 0.05) is 23.0 Å². The van der Waals surface area contributed by atoms with Crippen LogP contribution in [0, 0.1) is 13.8 Å². The second-order valence-corrected chi connectivity index (χ2v) is 7.67. The Morgan fingerprint density at radius 3 is 2.47 bits per heavy atom. The number of carbonyl (C=O) groups is 1. The predicted octanol–water partition coefficient (Wildman–Crippen LogP) is 3.84. The monoisotopic (exact) mass is 460 g/mol. The van der Waals surface area contributed by atoms with Crippen molar-refractivity contribution in [1.29, 1.82) is 0 Å². The maximum absolute atomic E-state index is 13.3. The van der Waals surface area contributed by atoms with Crippen LogP contribution in [0.15, 0.2) is 63.9 Å². The lowest BCUT2D eigenvalue weighted by Crippen LogP contribution is -2.30. The van der Waals surface area contributed by atoms with Gasteiger partial charge in [0.2, 0.25) is 11.7 Å². The van der Waals surface area contributed by atoms with Crippen LogP contribution in [0.4, 0.5) is 5.69 Å². The van der Waals surface area contributed by atoms with Gasteiger partial charge in [-0.05, 0) is 61.9 Å². The van der Waals surface area contributed by atoms with Gasteiger partial charge in [-0.3, -0.25) is 9.59 Å². The number of amides is 1. The van der Waals surface area contributed by atoms with Crippen molar-refractivity contribution >= 4 is 11.6 Å². The molecule has 0 aliphatic rings. The molecule has 9 nitrogen and oxygen atoms in total. The van der Waals surface area contributed by atoms with Gasteiger partial charge in [-0.1, -0.05) is 11.2 Å². The first kappa shape index (κ1) is 22.8. The van der Waals surface area contributed by atoms with Crippen molar-refractivity contribution in [1.82, 2.24) is 14.7 Å². The van der Waals surface area contributed by atoms with Crippen LogP contribution >= 0.6 is 0 Å². The molecule has 0 spiro atoms. The van der Waals surface area contributed by atoms with Crippen molar-refractivity contribution in [2.24, 2.45) is 0 Å². The Labute approximate surface area is 196 Å². The maximum Gasteiger partial charge on any atom is 0.264 e. The largest absolute Gasteiger partial charge is 0.497 e. The highest BCUT2D eigenvalue weighted by Gasteiger charge is 2.20. The number of nitrogens with one attached hydrogen (secondary N) is 1. The lowest BCUT2D eigenvalue weighted by molar-refractivity contribution is -0.116. The molecule has 2 heterocycles. The van der Waals surface area contributed by atoms with E-state index in [1.807, 2.05) is 6.07 Å². The van der Waals surface area contributed by atoms with E-state index in [1.54, 1.807) is 76.6 Å². The number of anilines is 1. The molecular weight excluding hydrogens is 436 g/mol. The third-order valence-corrected chi connectivity index (χ3v) is 5.35. The number of methoxy groups -OCH3 is 2. The standard InChI is InChI=1S/C25H24N4O5/c1-15-12-16(2)29(14-21(30)26-18-6-5-7-20(13-18)33-4)25(31)22(15)24-27-23(28-34-24)17-8-10-19(32-3)11-9-17/h5-13H,14H2,1-4H3,(H,26,30). The summed E-state index contributed by atoms with van der Waals surface area (Å²) in [5.41, 5.74) is 2.48. The van der Waals surface area contributed by atoms with E-state index in [0.717, 1.165) is 5.56 Å². The quantitative estimate of drug-likeness (QED) is 0.446. The molecule has 0 fully saturated rings. The van der Waals surface area contributed by atoms with Gasteiger partial charge >= 0.3 is 0 Å². The molecular formula is C25H24N4O5. The number of ether oxygens (including phenoxy) is 2. The fourth-order valence-electron chi connectivity index (χ4n) is 3.61. The Hall–Kier alpha value is -4.40. The number of hydrogen-bond donors (Lipinski definition) is 1.